The predicted molar refractivity (Wildman–Crippen MR) is 144 cm³/mol. The number of nitrogens with zero attached hydrogens (tertiary/aromatic N) is 6. The van der Waals surface area contributed by atoms with Crippen molar-refractivity contribution in [2.75, 3.05) is 0 Å². The highest BCUT2D eigenvalue weighted by atomic mass is 32.1. The summed E-state index contributed by atoms with van der Waals surface area (Å²) in [5, 5.41) is 14.7. The molecule has 0 radical (unpaired) electrons. The van der Waals surface area contributed by atoms with Crippen LogP contribution in [-0.4, -0.2) is 29.8 Å². The first-order chi connectivity index (χ1) is 18.0. The van der Waals surface area contributed by atoms with Crippen molar-refractivity contribution in [1.29, 1.82) is 0 Å². The molecule has 0 bridgehead atoms. The van der Waals surface area contributed by atoms with Gasteiger partial charge in [-0.2, -0.15) is 5.10 Å². The molecule has 0 spiro atoms. The molecule has 0 aliphatic rings. The summed E-state index contributed by atoms with van der Waals surface area (Å²) in [6, 6.07) is 24.8. The van der Waals surface area contributed by atoms with E-state index < -0.39 is 0 Å². The standard InChI is InChI=1S/C29H23FN6S/c1-19-8-12-22(13-9-19)29-31-20(2)28(37-29)27-25(17-36(33-27)24-6-4-3-5-7-24)26-18-35(34-32-26)16-21-10-14-23(30)15-11-21/h3-15,17-18H,16H2,1-2H3. The third-order valence-corrected chi connectivity index (χ3v) is 7.33. The average Bonchev–Trinajstić information content (AvgIpc) is 3.65. The lowest BCUT2D eigenvalue weighted by molar-refractivity contribution is 0.621. The molecular formula is C29H23FN6S. The van der Waals surface area contributed by atoms with E-state index in [4.69, 9.17) is 10.1 Å². The molecular weight excluding hydrogens is 483 g/mol. The van der Waals surface area contributed by atoms with Crippen molar-refractivity contribution < 1.29 is 4.39 Å². The summed E-state index contributed by atoms with van der Waals surface area (Å²) in [5.74, 6) is -0.258. The number of halogens is 1. The van der Waals surface area contributed by atoms with Gasteiger partial charge < -0.3 is 0 Å². The maximum Gasteiger partial charge on any atom is 0.124 e. The number of benzene rings is 3. The zero-order chi connectivity index (χ0) is 25.4. The molecule has 0 N–H and O–H groups in total. The molecule has 0 unspecified atom stereocenters. The molecule has 3 heterocycles. The van der Waals surface area contributed by atoms with Crippen molar-refractivity contribution in [2.24, 2.45) is 0 Å². The Hall–Kier alpha value is -4.43. The van der Waals surface area contributed by atoms with Crippen LogP contribution in [0.5, 0.6) is 0 Å². The molecule has 3 aromatic heterocycles. The summed E-state index contributed by atoms with van der Waals surface area (Å²) in [6.07, 6.45) is 3.89. The minimum Gasteiger partial charge on any atom is -0.247 e. The molecule has 37 heavy (non-hydrogen) atoms. The fourth-order valence-electron chi connectivity index (χ4n) is 4.15. The van der Waals surface area contributed by atoms with Crippen molar-refractivity contribution in [1.82, 2.24) is 29.8 Å². The Labute approximate surface area is 217 Å². The highest BCUT2D eigenvalue weighted by Crippen LogP contribution is 2.39. The van der Waals surface area contributed by atoms with Crippen LogP contribution in [0.4, 0.5) is 4.39 Å². The molecule has 6 nitrogen and oxygen atoms in total. The summed E-state index contributed by atoms with van der Waals surface area (Å²) >= 11 is 1.62. The first kappa shape index (κ1) is 23.0. The van der Waals surface area contributed by atoms with Gasteiger partial charge in [-0.3, -0.25) is 0 Å². The lowest BCUT2D eigenvalue weighted by atomic mass is 10.1. The van der Waals surface area contributed by atoms with Crippen LogP contribution in [0, 0.1) is 19.7 Å². The second kappa shape index (κ2) is 9.55. The van der Waals surface area contributed by atoms with Crippen LogP contribution in [-0.2, 0) is 6.54 Å². The van der Waals surface area contributed by atoms with E-state index in [2.05, 4.69) is 41.5 Å². The minimum atomic E-state index is -0.258. The van der Waals surface area contributed by atoms with Gasteiger partial charge in [-0.05, 0) is 43.7 Å². The third-order valence-electron chi connectivity index (χ3n) is 6.12. The van der Waals surface area contributed by atoms with Gasteiger partial charge in [0.15, 0.2) is 0 Å². The molecule has 6 aromatic rings. The van der Waals surface area contributed by atoms with E-state index in [1.54, 1.807) is 28.2 Å². The van der Waals surface area contributed by atoms with Crippen LogP contribution < -0.4 is 0 Å². The fraction of sp³-hybridized carbons (Fsp3) is 0.103. The van der Waals surface area contributed by atoms with E-state index in [-0.39, 0.29) is 5.82 Å². The molecule has 0 aliphatic heterocycles. The maximum atomic E-state index is 13.3. The third kappa shape index (κ3) is 4.71. The number of para-hydroxylation sites is 1. The van der Waals surface area contributed by atoms with E-state index in [0.29, 0.717) is 12.2 Å². The Morgan fingerprint density at radius 2 is 1.62 bits per heavy atom. The molecule has 6 rings (SSSR count). The van der Waals surface area contributed by atoms with Crippen molar-refractivity contribution >= 4 is 11.3 Å². The van der Waals surface area contributed by atoms with Crippen LogP contribution in [0.25, 0.3) is 38.1 Å². The fourth-order valence-corrected chi connectivity index (χ4v) is 5.22. The predicted octanol–water partition coefficient (Wildman–Crippen LogP) is 6.73. The highest BCUT2D eigenvalue weighted by Gasteiger charge is 2.22. The Kier molecular flexibility index (Phi) is 5.94. The summed E-state index contributed by atoms with van der Waals surface area (Å²) in [6.45, 7) is 4.58. The zero-order valence-corrected chi connectivity index (χ0v) is 21.2. The topological polar surface area (TPSA) is 61.4 Å². The van der Waals surface area contributed by atoms with Crippen LogP contribution >= 0.6 is 11.3 Å². The molecule has 182 valence electrons. The van der Waals surface area contributed by atoms with E-state index in [1.807, 2.05) is 54.3 Å². The Morgan fingerprint density at radius 1 is 0.865 bits per heavy atom. The van der Waals surface area contributed by atoms with Gasteiger partial charge in [0.2, 0.25) is 0 Å². The number of hydrogen-bond donors (Lipinski definition) is 0. The van der Waals surface area contributed by atoms with Crippen LogP contribution in [0.2, 0.25) is 0 Å². The number of aromatic nitrogens is 6. The van der Waals surface area contributed by atoms with Crippen LogP contribution in [0.15, 0.2) is 91.3 Å². The van der Waals surface area contributed by atoms with Crippen LogP contribution in [0.3, 0.4) is 0 Å². The van der Waals surface area contributed by atoms with Gasteiger partial charge in [-0.1, -0.05) is 65.4 Å². The largest absolute Gasteiger partial charge is 0.247 e. The molecule has 3 aromatic carbocycles. The van der Waals surface area contributed by atoms with Gasteiger partial charge in [0.05, 0.1) is 34.6 Å². The summed E-state index contributed by atoms with van der Waals surface area (Å²) in [4.78, 5) is 5.86. The molecule has 0 atom stereocenters. The maximum absolute atomic E-state index is 13.3. The molecule has 0 fully saturated rings. The van der Waals surface area contributed by atoms with E-state index >= 15 is 0 Å². The van der Waals surface area contributed by atoms with Gasteiger partial charge in [-0.15, -0.1) is 16.4 Å². The number of aryl methyl sites for hydroxylation is 2. The van der Waals surface area contributed by atoms with Crippen molar-refractivity contribution in [3.05, 3.63) is 114 Å². The van der Waals surface area contributed by atoms with E-state index in [0.717, 1.165) is 43.7 Å². The van der Waals surface area contributed by atoms with E-state index in [1.165, 1.54) is 17.7 Å². The van der Waals surface area contributed by atoms with Gasteiger partial charge in [-0.25, -0.2) is 18.7 Å². The number of hydrogen-bond acceptors (Lipinski definition) is 5. The van der Waals surface area contributed by atoms with Gasteiger partial charge in [0, 0.05) is 11.8 Å². The molecule has 0 saturated carbocycles. The second-order valence-electron chi connectivity index (χ2n) is 8.90. The number of thiazole rings is 1. The number of rotatable bonds is 6. The lowest BCUT2D eigenvalue weighted by Gasteiger charge is -2.00. The smallest absolute Gasteiger partial charge is 0.124 e. The van der Waals surface area contributed by atoms with Crippen molar-refractivity contribution in [3.63, 3.8) is 0 Å². The zero-order valence-electron chi connectivity index (χ0n) is 20.3. The lowest BCUT2D eigenvalue weighted by Crippen LogP contribution is -2.00. The summed E-state index contributed by atoms with van der Waals surface area (Å²) in [7, 11) is 0. The first-order valence-corrected chi connectivity index (χ1v) is 12.7. The highest BCUT2D eigenvalue weighted by molar-refractivity contribution is 7.18. The van der Waals surface area contributed by atoms with Gasteiger partial charge in [0.1, 0.15) is 22.2 Å². The SMILES string of the molecule is Cc1ccc(-c2nc(C)c(-c3nn(-c4ccccc4)cc3-c3cn(Cc4ccc(F)cc4)nn3)s2)cc1. The van der Waals surface area contributed by atoms with Crippen molar-refractivity contribution in [2.45, 2.75) is 20.4 Å². The quantitative estimate of drug-likeness (QED) is 0.251. The van der Waals surface area contributed by atoms with Crippen molar-refractivity contribution in [3.8, 4) is 38.1 Å². The molecule has 8 heteroatoms. The molecule has 0 aliphatic carbocycles. The Balaban J connectivity index is 1.42. The molecule has 0 saturated heterocycles. The molecule has 0 amide bonds. The first-order valence-electron chi connectivity index (χ1n) is 11.9. The van der Waals surface area contributed by atoms with Gasteiger partial charge in [0.25, 0.3) is 0 Å². The monoisotopic (exact) mass is 506 g/mol. The normalized spacial score (nSPS) is 11.2. The van der Waals surface area contributed by atoms with Crippen LogP contribution in [0.1, 0.15) is 16.8 Å². The Bertz CT molecular complexity index is 1660. The summed E-state index contributed by atoms with van der Waals surface area (Å²) < 4.78 is 16.9. The minimum absolute atomic E-state index is 0.258. The Morgan fingerprint density at radius 3 is 2.38 bits per heavy atom. The van der Waals surface area contributed by atoms with Gasteiger partial charge >= 0.3 is 0 Å². The summed E-state index contributed by atoms with van der Waals surface area (Å²) in [5.41, 5.74) is 7.50. The average molecular weight is 507 g/mol. The van der Waals surface area contributed by atoms with E-state index in [9.17, 15) is 4.39 Å². The second-order valence-corrected chi connectivity index (χ2v) is 9.90.